The second-order valence-corrected chi connectivity index (χ2v) is 10.8. The summed E-state index contributed by atoms with van der Waals surface area (Å²) in [6.07, 6.45) is -9.90. The number of rotatable bonds is 6. The van der Waals surface area contributed by atoms with E-state index in [1.807, 2.05) is 0 Å². The zero-order valence-electron chi connectivity index (χ0n) is 17.7. The predicted molar refractivity (Wildman–Crippen MR) is 99.9 cm³/mol. The van der Waals surface area contributed by atoms with Crippen molar-refractivity contribution in [1.82, 2.24) is 0 Å². The highest BCUT2D eigenvalue weighted by atomic mass is 32.2. The van der Waals surface area contributed by atoms with E-state index in [-0.39, 0.29) is 43.1 Å². The van der Waals surface area contributed by atoms with Crippen LogP contribution in [0.3, 0.4) is 0 Å². The van der Waals surface area contributed by atoms with Gasteiger partial charge in [-0.25, -0.2) is 4.79 Å². The summed E-state index contributed by atoms with van der Waals surface area (Å²) >= 11 is 0. The van der Waals surface area contributed by atoms with Crippen LogP contribution in [0.5, 0.6) is 0 Å². The van der Waals surface area contributed by atoms with Crippen LogP contribution in [-0.2, 0) is 29.2 Å². The zero-order valence-corrected chi connectivity index (χ0v) is 18.5. The van der Waals surface area contributed by atoms with Crippen LogP contribution in [0.15, 0.2) is 12.2 Å². The maximum absolute atomic E-state index is 13.9. The van der Waals surface area contributed by atoms with Crippen LogP contribution in [-0.4, -0.2) is 48.0 Å². The van der Waals surface area contributed by atoms with Crippen LogP contribution in [0.4, 0.5) is 22.0 Å². The van der Waals surface area contributed by atoms with Crippen LogP contribution < -0.4 is 0 Å². The van der Waals surface area contributed by atoms with Crippen LogP contribution >= 0.6 is 0 Å². The van der Waals surface area contributed by atoms with Gasteiger partial charge in [0.1, 0.15) is 5.60 Å². The van der Waals surface area contributed by atoms with E-state index >= 15 is 0 Å². The lowest BCUT2D eigenvalue weighted by molar-refractivity contribution is -0.266. The third-order valence-corrected chi connectivity index (χ3v) is 6.78. The fourth-order valence-corrected chi connectivity index (χ4v) is 5.51. The second-order valence-electron chi connectivity index (χ2n) is 9.26. The summed E-state index contributed by atoms with van der Waals surface area (Å²) in [4.78, 5) is 25.0. The molecule has 2 aliphatic carbocycles. The minimum Gasteiger partial charge on any atom is -0.456 e. The molecule has 0 saturated heterocycles. The van der Waals surface area contributed by atoms with E-state index < -0.39 is 50.6 Å². The molecule has 5 unspecified atom stereocenters. The Morgan fingerprint density at radius 3 is 2.19 bits per heavy atom. The average molecular weight is 492 g/mol. The molecule has 2 fully saturated rings. The van der Waals surface area contributed by atoms with Crippen LogP contribution in [0.25, 0.3) is 0 Å². The van der Waals surface area contributed by atoms with Gasteiger partial charge in [0.2, 0.25) is 0 Å². The Labute approximate surface area is 182 Å². The van der Waals surface area contributed by atoms with Crippen molar-refractivity contribution in [2.24, 2.45) is 17.3 Å². The Hall–Kier alpha value is -1.76. The molecular formula is C19H25F5O7S. The first-order valence-electron chi connectivity index (χ1n) is 9.74. The van der Waals surface area contributed by atoms with Gasteiger partial charge in [0.05, 0.1) is 5.41 Å². The van der Waals surface area contributed by atoms with Crippen LogP contribution in [0.1, 0.15) is 52.9 Å². The van der Waals surface area contributed by atoms with Crippen molar-refractivity contribution in [3.05, 3.63) is 12.2 Å². The van der Waals surface area contributed by atoms with E-state index in [0.717, 1.165) is 0 Å². The van der Waals surface area contributed by atoms with Gasteiger partial charge < -0.3 is 9.47 Å². The van der Waals surface area contributed by atoms with Gasteiger partial charge in [-0.05, 0) is 51.4 Å². The van der Waals surface area contributed by atoms with Crippen molar-refractivity contribution >= 4 is 22.1 Å². The van der Waals surface area contributed by atoms with Crippen LogP contribution in [0.2, 0.25) is 0 Å². The standard InChI is InChI=1S/C19H25F5O7S/c1-10(2)13(25)31-16(4)7-12-5-11(3)6-17(8-12,9-16)15(26)30-14(18(20,21)22)19(23,24)32(27,28)29/h11-12,14H,1,5-9H2,2-4H3,(H,27,28,29). The number of esters is 2. The lowest BCUT2D eigenvalue weighted by Crippen LogP contribution is -2.57. The molecule has 2 saturated carbocycles. The number of carbonyl (C=O) groups is 2. The number of alkyl halides is 5. The Balaban J connectivity index is 2.43. The topological polar surface area (TPSA) is 107 Å². The maximum atomic E-state index is 13.9. The monoisotopic (exact) mass is 492 g/mol. The number of fused-ring (bicyclic) bond motifs is 2. The molecule has 0 radical (unpaired) electrons. The fraction of sp³-hybridized carbons (Fsp3) is 0.789. The maximum Gasteiger partial charge on any atom is 0.432 e. The molecule has 32 heavy (non-hydrogen) atoms. The van der Waals surface area contributed by atoms with E-state index in [1.165, 1.54) is 13.8 Å². The summed E-state index contributed by atoms with van der Waals surface area (Å²) in [7, 11) is -6.55. The molecule has 0 aliphatic heterocycles. The summed E-state index contributed by atoms with van der Waals surface area (Å²) in [5.41, 5.74) is -2.97. The molecule has 0 aromatic carbocycles. The van der Waals surface area contributed by atoms with E-state index in [0.29, 0.717) is 6.42 Å². The van der Waals surface area contributed by atoms with E-state index in [4.69, 9.17) is 9.29 Å². The number of carbonyl (C=O) groups excluding carboxylic acids is 2. The molecule has 7 nitrogen and oxygen atoms in total. The molecule has 0 heterocycles. The third-order valence-electron chi connectivity index (χ3n) is 5.88. The lowest BCUT2D eigenvalue weighted by atomic mass is 9.55. The van der Waals surface area contributed by atoms with Gasteiger partial charge in [-0.15, -0.1) is 0 Å². The first kappa shape index (κ1) is 26.5. The Kier molecular flexibility index (Phi) is 6.81. The summed E-state index contributed by atoms with van der Waals surface area (Å²) < 4.78 is 108. The summed E-state index contributed by atoms with van der Waals surface area (Å²) in [6, 6.07) is 0. The molecule has 5 atom stereocenters. The number of hydrogen-bond donors (Lipinski definition) is 1. The quantitative estimate of drug-likeness (QED) is 0.258. The highest BCUT2D eigenvalue weighted by Gasteiger charge is 2.67. The predicted octanol–water partition coefficient (Wildman–Crippen LogP) is 4.04. The lowest BCUT2D eigenvalue weighted by Gasteiger charge is -2.52. The molecule has 2 aliphatic rings. The molecule has 2 rings (SSSR count). The molecule has 1 N–H and O–H groups in total. The summed E-state index contributed by atoms with van der Waals surface area (Å²) in [5, 5.41) is -5.82. The first-order valence-corrected chi connectivity index (χ1v) is 11.2. The molecule has 184 valence electrons. The van der Waals surface area contributed by atoms with Crippen LogP contribution in [0, 0.1) is 17.3 Å². The number of hydrogen-bond acceptors (Lipinski definition) is 6. The van der Waals surface area contributed by atoms with Crippen molar-refractivity contribution in [3.8, 4) is 0 Å². The minimum atomic E-state index is -6.55. The van der Waals surface area contributed by atoms with E-state index in [9.17, 15) is 40.0 Å². The largest absolute Gasteiger partial charge is 0.456 e. The van der Waals surface area contributed by atoms with Crippen molar-refractivity contribution in [2.45, 2.75) is 76.0 Å². The highest BCUT2D eigenvalue weighted by Crippen LogP contribution is 2.56. The van der Waals surface area contributed by atoms with E-state index in [2.05, 4.69) is 11.3 Å². The van der Waals surface area contributed by atoms with Crippen molar-refractivity contribution in [2.75, 3.05) is 0 Å². The Bertz CT molecular complexity index is 896. The van der Waals surface area contributed by atoms with Gasteiger partial charge in [-0.2, -0.15) is 30.4 Å². The number of ether oxygens (including phenoxy) is 2. The normalized spacial score (nSPS) is 32.0. The van der Waals surface area contributed by atoms with Gasteiger partial charge in [-0.1, -0.05) is 13.5 Å². The fourth-order valence-electron chi connectivity index (χ4n) is 5.06. The molecule has 0 spiro atoms. The first-order chi connectivity index (χ1) is 14.2. The molecule has 0 aromatic heterocycles. The third kappa shape index (κ3) is 5.24. The van der Waals surface area contributed by atoms with Gasteiger partial charge in [0, 0.05) is 12.0 Å². The SMILES string of the molecule is C=C(C)C(=O)OC1(C)CC2CC(C)CC(C(=O)OC(C(F)(F)F)C(F)(F)S(=O)(=O)O)(C2)C1. The zero-order chi connectivity index (χ0) is 24.9. The number of halogens is 5. The van der Waals surface area contributed by atoms with Crippen molar-refractivity contribution in [3.63, 3.8) is 0 Å². The molecule has 0 amide bonds. The van der Waals surface area contributed by atoms with Gasteiger partial charge in [0.25, 0.3) is 6.10 Å². The Morgan fingerprint density at radius 2 is 1.72 bits per heavy atom. The van der Waals surface area contributed by atoms with Crippen molar-refractivity contribution < 1.29 is 54.0 Å². The van der Waals surface area contributed by atoms with Gasteiger partial charge in [0.15, 0.2) is 0 Å². The molecule has 13 heteroatoms. The molecule has 2 bridgehead atoms. The second kappa shape index (κ2) is 8.23. The minimum absolute atomic E-state index is 0.00158. The van der Waals surface area contributed by atoms with Crippen molar-refractivity contribution in [1.29, 1.82) is 0 Å². The van der Waals surface area contributed by atoms with E-state index in [1.54, 1.807) is 6.92 Å². The van der Waals surface area contributed by atoms with Gasteiger partial charge in [-0.3, -0.25) is 9.35 Å². The average Bonchev–Trinajstić information content (AvgIpc) is 2.55. The molecular weight excluding hydrogens is 467 g/mol. The van der Waals surface area contributed by atoms with Gasteiger partial charge >= 0.3 is 33.5 Å². The summed E-state index contributed by atoms with van der Waals surface area (Å²) in [5.74, 6) is -2.93. The summed E-state index contributed by atoms with van der Waals surface area (Å²) in [6.45, 7) is 8.04. The smallest absolute Gasteiger partial charge is 0.432 e. The Morgan fingerprint density at radius 1 is 1.16 bits per heavy atom. The highest BCUT2D eigenvalue weighted by molar-refractivity contribution is 7.86. The molecule has 0 aromatic rings.